The van der Waals surface area contributed by atoms with Crippen LogP contribution in [0.15, 0.2) is 80.8 Å². The second-order valence-corrected chi connectivity index (χ2v) is 7.76. The molecule has 0 aliphatic carbocycles. The Bertz CT molecular complexity index is 1310. The van der Waals surface area contributed by atoms with Gasteiger partial charge in [0.25, 0.3) is 10.0 Å². The summed E-state index contributed by atoms with van der Waals surface area (Å²) in [5.74, 6) is 0. The van der Waals surface area contributed by atoms with Gasteiger partial charge in [0.2, 0.25) is 0 Å². The minimum Gasteiger partial charge on any atom is -0.423 e. The molecule has 0 amide bonds. The summed E-state index contributed by atoms with van der Waals surface area (Å²) in [5.41, 5.74) is 0.984. The first-order valence-electron chi connectivity index (χ1n) is 7.98. The van der Waals surface area contributed by atoms with Gasteiger partial charge in [-0.3, -0.25) is 4.72 Å². The van der Waals surface area contributed by atoms with E-state index in [-0.39, 0.29) is 4.90 Å². The van der Waals surface area contributed by atoms with E-state index >= 15 is 0 Å². The normalized spacial score (nSPS) is 11.7. The van der Waals surface area contributed by atoms with Crippen LogP contribution in [0.2, 0.25) is 0 Å². The molecule has 0 saturated carbocycles. The predicted molar refractivity (Wildman–Crippen MR) is 102 cm³/mol. The van der Waals surface area contributed by atoms with E-state index in [1.807, 2.05) is 24.3 Å². The van der Waals surface area contributed by atoms with Crippen molar-refractivity contribution in [1.82, 2.24) is 0 Å². The number of rotatable bonds is 3. The lowest BCUT2D eigenvalue weighted by Gasteiger charge is -2.10. The average molecular weight is 365 g/mol. The fraction of sp³-hybridized carbons (Fsp3) is 0.0500. The smallest absolute Gasteiger partial charge is 0.336 e. The molecule has 1 heterocycles. The van der Waals surface area contributed by atoms with Crippen LogP contribution in [0.25, 0.3) is 21.7 Å². The van der Waals surface area contributed by atoms with Gasteiger partial charge in [0.1, 0.15) is 5.58 Å². The third-order valence-electron chi connectivity index (χ3n) is 4.23. The van der Waals surface area contributed by atoms with Crippen molar-refractivity contribution in [2.45, 2.75) is 11.8 Å². The highest BCUT2D eigenvalue weighted by Gasteiger charge is 2.15. The summed E-state index contributed by atoms with van der Waals surface area (Å²) < 4.78 is 33.1. The number of anilines is 1. The number of hydrogen-bond acceptors (Lipinski definition) is 4. The summed E-state index contributed by atoms with van der Waals surface area (Å²) in [4.78, 5) is 11.7. The second-order valence-electron chi connectivity index (χ2n) is 6.07. The monoisotopic (exact) mass is 365 g/mol. The highest BCUT2D eigenvalue weighted by molar-refractivity contribution is 7.92. The van der Waals surface area contributed by atoms with Gasteiger partial charge in [-0.15, -0.1) is 0 Å². The summed E-state index contributed by atoms with van der Waals surface area (Å²) in [6, 6.07) is 18.8. The fourth-order valence-corrected chi connectivity index (χ4v) is 4.02. The largest absolute Gasteiger partial charge is 0.423 e. The van der Waals surface area contributed by atoms with E-state index in [0.29, 0.717) is 11.3 Å². The first-order valence-corrected chi connectivity index (χ1v) is 9.47. The molecular weight excluding hydrogens is 350 g/mol. The molecule has 0 spiro atoms. The molecule has 6 heteroatoms. The zero-order valence-corrected chi connectivity index (χ0v) is 14.7. The van der Waals surface area contributed by atoms with Crippen molar-refractivity contribution in [2.75, 3.05) is 4.72 Å². The van der Waals surface area contributed by atoms with Gasteiger partial charge in [0.15, 0.2) is 0 Å². The number of fused-ring (bicyclic) bond motifs is 2. The molecule has 5 nitrogen and oxygen atoms in total. The van der Waals surface area contributed by atoms with Crippen LogP contribution in [0.5, 0.6) is 0 Å². The first-order chi connectivity index (χ1) is 12.4. The number of benzene rings is 3. The molecule has 26 heavy (non-hydrogen) atoms. The summed E-state index contributed by atoms with van der Waals surface area (Å²) in [5, 5.41) is 2.57. The summed E-state index contributed by atoms with van der Waals surface area (Å²) in [7, 11) is -3.76. The van der Waals surface area contributed by atoms with Crippen molar-refractivity contribution < 1.29 is 12.8 Å². The van der Waals surface area contributed by atoms with E-state index in [9.17, 15) is 13.2 Å². The first kappa shape index (κ1) is 16.4. The molecule has 0 fully saturated rings. The van der Waals surface area contributed by atoms with Gasteiger partial charge < -0.3 is 4.42 Å². The molecule has 0 radical (unpaired) electrons. The van der Waals surface area contributed by atoms with Crippen LogP contribution < -0.4 is 10.3 Å². The molecule has 0 aliphatic heterocycles. The third kappa shape index (κ3) is 2.95. The lowest BCUT2D eigenvalue weighted by molar-refractivity contribution is 0.560. The molecule has 130 valence electrons. The zero-order chi connectivity index (χ0) is 18.3. The molecule has 0 bridgehead atoms. The summed E-state index contributed by atoms with van der Waals surface area (Å²) in [6.07, 6.45) is 0. The third-order valence-corrected chi connectivity index (χ3v) is 5.61. The van der Waals surface area contributed by atoms with E-state index in [1.54, 1.807) is 37.3 Å². The highest BCUT2D eigenvalue weighted by atomic mass is 32.2. The van der Waals surface area contributed by atoms with Crippen molar-refractivity contribution in [3.8, 4) is 0 Å². The maximum Gasteiger partial charge on any atom is 0.336 e. The van der Waals surface area contributed by atoms with Crippen LogP contribution in [0.4, 0.5) is 5.69 Å². The Kier molecular flexibility index (Phi) is 3.77. The van der Waals surface area contributed by atoms with E-state index in [4.69, 9.17) is 4.42 Å². The molecule has 0 aliphatic rings. The van der Waals surface area contributed by atoms with E-state index in [2.05, 4.69) is 4.72 Å². The Balaban J connectivity index is 1.74. The Morgan fingerprint density at radius 2 is 1.65 bits per heavy atom. The molecule has 1 N–H and O–H groups in total. The lowest BCUT2D eigenvalue weighted by atomic mass is 10.1. The molecule has 0 saturated heterocycles. The Morgan fingerprint density at radius 1 is 0.885 bits per heavy atom. The molecule has 3 aromatic carbocycles. The molecule has 0 unspecified atom stereocenters. The van der Waals surface area contributed by atoms with Crippen LogP contribution in [0, 0.1) is 6.92 Å². The maximum absolute atomic E-state index is 12.7. The van der Waals surface area contributed by atoms with Crippen LogP contribution in [0.3, 0.4) is 0 Å². The topological polar surface area (TPSA) is 76.4 Å². The van der Waals surface area contributed by atoms with Gasteiger partial charge in [-0.1, -0.05) is 30.3 Å². The van der Waals surface area contributed by atoms with Crippen molar-refractivity contribution in [1.29, 1.82) is 0 Å². The van der Waals surface area contributed by atoms with Crippen LogP contribution >= 0.6 is 0 Å². The summed E-state index contributed by atoms with van der Waals surface area (Å²) in [6.45, 7) is 1.80. The number of aryl methyl sites for hydroxylation is 1. The van der Waals surface area contributed by atoms with Gasteiger partial charge in [-0.2, -0.15) is 0 Å². The van der Waals surface area contributed by atoms with Crippen LogP contribution in [0.1, 0.15) is 5.56 Å². The summed E-state index contributed by atoms with van der Waals surface area (Å²) >= 11 is 0. The number of nitrogens with one attached hydrogen (secondary N) is 1. The van der Waals surface area contributed by atoms with E-state index in [0.717, 1.165) is 21.7 Å². The molecule has 0 atom stereocenters. The minimum absolute atomic E-state index is 0.169. The molecule has 4 rings (SSSR count). The lowest BCUT2D eigenvalue weighted by Crippen LogP contribution is -2.13. The van der Waals surface area contributed by atoms with Crippen molar-refractivity contribution in [3.05, 3.63) is 82.7 Å². The van der Waals surface area contributed by atoms with Crippen molar-refractivity contribution >= 4 is 37.5 Å². The van der Waals surface area contributed by atoms with Crippen molar-refractivity contribution in [2.24, 2.45) is 0 Å². The van der Waals surface area contributed by atoms with Gasteiger partial charge >= 0.3 is 5.63 Å². The molecule has 4 aromatic rings. The standard InChI is InChI=1S/C20H15NO4S/c1-13-10-20(22)25-19-12-16(7-9-18(13)19)21-26(23,24)17-8-6-14-4-2-3-5-15(14)11-17/h2-12,21H,1H3. The van der Waals surface area contributed by atoms with E-state index < -0.39 is 15.6 Å². The average Bonchev–Trinajstić information content (AvgIpc) is 2.60. The van der Waals surface area contributed by atoms with Gasteiger partial charge in [-0.25, -0.2) is 13.2 Å². The predicted octanol–water partition coefficient (Wildman–Crippen LogP) is 4.06. The van der Waals surface area contributed by atoms with Gasteiger partial charge in [-0.05, 0) is 47.5 Å². The Labute approximate surface area is 149 Å². The second kappa shape index (κ2) is 6.00. The van der Waals surface area contributed by atoms with Crippen LogP contribution in [-0.2, 0) is 10.0 Å². The van der Waals surface area contributed by atoms with Gasteiger partial charge in [0.05, 0.1) is 10.6 Å². The number of hydrogen-bond donors (Lipinski definition) is 1. The zero-order valence-electron chi connectivity index (χ0n) is 13.9. The quantitative estimate of drug-likeness (QED) is 0.556. The number of sulfonamides is 1. The highest BCUT2D eigenvalue weighted by Crippen LogP contribution is 2.24. The van der Waals surface area contributed by atoms with Crippen LogP contribution in [-0.4, -0.2) is 8.42 Å². The SMILES string of the molecule is Cc1cc(=O)oc2cc(NS(=O)(=O)c3ccc4ccccc4c3)ccc12. The molecule has 1 aromatic heterocycles. The fourth-order valence-electron chi connectivity index (χ4n) is 2.94. The van der Waals surface area contributed by atoms with Crippen molar-refractivity contribution in [3.63, 3.8) is 0 Å². The van der Waals surface area contributed by atoms with E-state index in [1.165, 1.54) is 12.1 Å². The Hall–Kier alpha value is -3.12. The maximum atomic E-state index is 12.7. The Morgan fingerprint density at radius 3 is 2.46 bits per heavy atom. The van der Waals surface area contributed by atoms with Gasteiger partial charge in [0, 0.05) is 17.5 Å². The molecular formula is C20H15NO4S. The minimum atomic E-state index is -3.76.